The predicted octanol–water partition coefficient (Wildman–Crippen LogP) is 4.55. The molecule has 0 amide bonds. The molecule has 22 heavy (non-hydrogen) atoms. The standard InChI is InChI=1S/C17H24N2O.C2H6/c1-3-10-19(11-4-2)15-9-8-14-6-5-7-17(20-13-18)16(14)12-15;1-2/h5-7,15H,3-4,8-12H2,1-2H3;1-2H3. The maximum Gasteiger partial charge on any atom is 0.292 e. The fourth-order valence-electron chi connectivity index (χ4n) is 3.24. The summed E-state index contributed by atoms with van der Waals surface area (Å²) in [6.45, 7) is 10.8. The van der Waals surface area contributed by atoms with E-state index in [4.69, 9.17) is 10.00 Å². The van der Waals surface area contributed by atoms with Crippen LogP contribution < -0.4 is 4.74 Å². The van der Waals surface area contributed by atoms with Crippen molar-refractivity contribution in [3.63, 3.8) is 0 Å². The van der Waals surface area contributed by atoms with Gasteiger partial charge in [0.25, 0.3) is 6.26 Å². The topological polar surface area (TPSA) is 36.3 Å². The minimum absolute atomic E-state index is 0.589. The van der Waals surface area contributed by atoms with Gasteiger partial charge in [-0.3, -0.25) is 0 Å². The first-order valence-corrected chi connectivity index (χ1v) is 8.70. The minimum atomic E-state index is 0.589. The Kier molecular flexibility index (Phi) is 8.62. The zero-order chi connectivity index (χ0) is 16.4. The SMILES string of the molecule is CC.CCCN(CCC)C1CCc2cccc(OC#N)c2C1. The largest absolute Gasteiger partial charge is 0.388 e. The van der Waals surface area contributed by atoms with Crippen molar-refractivity contribution in [2.24, 2.45) is 0 Å². The fraction of sp³-hybridized carbons (Fsp3) is 0.632. The Morgan fingerprint density at radius 2 is 1.91 bits per heavy atom. The van der Waals surface area contributed by atoms with Gasteiger partial charge in [0.2, 0.25) is 0 Å². The van der Waals surface area contributed by atoms with Gasteiger partial charge in [-0.15, -0.1) is 5.26 Å². The second-order valence-corrected chi connectivity index (χ2v) is 5.52. The molecule has 0 aliphatic heterocycles. The average Bonchev–Trinajstić information content (AvgIpc) is 2.57. The van der Waals surface area contributed by atoms with Crippen molar-refractivity contribution in [2.75, 3.05) is 13.1 Å². The summed E-state index contributed by atoms with van der Waals surface area (Å²) in [6.07, 6.45) is 7.51. The van der Waals surface area contributed by atoms with E-state index in [0.717, 1.165) is 31.7 Å². The Balaban J connectivity index is 0.00000116. The van der Waals surface area contributed by atoms with Crippen LogP contribution in [-0.4, -0.2) is 24.0 Å². The Labute approximate surface area is 135 Å². The van der Waals surface area contributed by atoms with Crippen molar-refractivity contribution in [1.29, 1.82) is 5.26 Å². The van der Waals surface area contributed by atoms with Gasteiger partial charge in [0.15, 0.2) is 0 Å². The van der Waals surface area contributed by atoms with Crippen LogP contribution in [0, 0.1) is 11.5 Å². The molecule has 0 heterocycles. The quantitative estimate of drug-likeness (QED) is 0.723. The zero-order valence-electron chi connectivity index (χ0n) is 14.6. The molecule has 0 aromatic heterocycles. The van der Waals surface area contributed by atoms with Gasteiger partial charge >= 0.3 is 0 Å². The molecular weight excluding hydrogens is 272 g/mol. The number of benzene rings is 1. The number of rotatable bonds is 6. The fourth-order valence-corrected chi connectivity index (χ4v) is 3.24. The second-order valence-electron chi connectivity index (χ2n) is 5.52. The van der Waals surface area contributed by atoms with Crippen molar-refractivity contribution in [2.45, 2.75) is 65.8 Å². The number of hydrogen-bond acceptors (Lipinski definition) is 3. The summed E-state index contributed by atoms with van der Waals surface area (Å²) < 4.78 is 5.14. The molecule has 0 saturated carbocycles. The average molecular weight is 302 g/mol. The number of ether oxygens (including phenoxy) is 1. The summed E-state index contributed by atoms with van der Waals surface area (Å²) in [6, 6.07) is 6.65. The molecule has 1 unspecified atom stereocenters. The van der Waals surface area contributed by atoms with Crippen LogP contribution in [0.5, 0.6) is 5.75 Å². The zero-order valence-corrected chi connectivity index (χ0v) is 14.6. The highest BCUT2D eigenvalue weighted by molar-refractivity contribution is 5.43. The van der Waals surface area contributed by atoms with Crippen molar-refractivity contribution in [3.05, 3.63) is 29.3 Å². The van der Waals surface area contributed by atoms with Gasteiger partial charge < -0.3 is 9.64 Å². The van der Waals surface area contributed by atoms with E-state index in [1.807, 2.05) is 32.2 Å². The lowest BCUT2D eigenvalue weighted by Gasteiger charge is -2.35. The van der Waals surface area contributed by atoms with Gasteiger partial charge in [-0.2, -0.15) is 0 Å². The summed E-state index contributed by atoms with van der Waals surface area (Å²) in [5.74, 6) is 0.752. The molecule has 0 bridgehead atoms. The third kappa shape index (κ3) is 4.74. The molecule has 0 fully saturated rings. The molecular formula is C19H30N2O. The number of nitrogens with zero attached hydrogens (tertiary/aromatic N) is 2. The van der Waals surface area contributed by atoms with E-state index in [2.05, 4.69) is 24.8 Å². The van der Waals surface area contributed by atoms with Gasteiger partial charge in [0, 0.05) is 11.6 Å². The molecule has 1 aliphatic rings. The summed E-state index contributed by atoms with van der Waals surface area (Å²) >= 11 is 0. The van der Waals surface area contributed by atoms with Crippen molar-refractivity contribution >= 4 is 0 Å². The monoisotopic (exact) mass is 302 g/mol. The first kappa shape index (κ1) is 18.5. The van der Waals surface area contributed by atoms with Gasteiger partial charge in [0.05, 0.1) is 0 Å². The molecule has 1 aromatic carbocycles. The van der Waals surface area contributed by atoms with Crippen molar-refractivity contribution in [1.82, 2.24) is 4.90 Å². The van der Waals surface area contributed by atoms with Crippen LogP contribution in [0.25, 0.3) is 0 Å². The van der Waals surface area contributed by atoms with E-state index in [1.54, 1.807) is 0 Å². The first-order chi connectivity index (χ1) is 10.8. The highest BCUT2D eigenvalue weighted by Gasteiger charge is 2.25. The van der Waals surface area contributed by atoms with Crippen LogP contribution in [-0.2, 0) is 12.8 Å². The lowest BCUT2D eigenvalue weighted by molar-refractivity contribution is 0.179. The number of aryl methyl sites for hydroxylation is 1. The van der Waals surface area contributed by atoms with E-state index in [-0.39, 0.29) is 0 Å². The van der Waals surface area contributed by atoms with Crippen LogP contribution in [0.15, 0.2) is 18.2 Å². The lowest BCUT2D eigenvalue weighted by atomic mass is 9.86. The van der Waals surface area contributed by atoms with E-state index in [0.29, 0.717) is 6.04 Å². The van der Waals surface area contributed by atoms with Crippen LogP contribution in [0.3, 0.4) is 0 Å². The summed E-state index contributed by atoms with van der Waals surface area (Å²) in [7, 11) is 0. The maximum atomic E-state index is 8.78. The first-order valence-electron chi connectivity index (χ1n) is 8.70. The molecule has 0 spiro atoms. The van der Waals surface area contributed by atoms with Gasteiger partial charge in [-0.05, 0) is 56.8 Å². The Bertz CT molecular complexity index is 473. The molecule has 1 atom stereocenters. The molecule has 3 heteroatoms. The molecule has 1 aromatic rings. The Hall–Kier alpha value is -1.53. The molecule has 0 saturated heterocycles. The van der Waals surface area contributed by atoms with Crippen LogP contribution in [0.1, 0.15) is 58.1 Å². The minimum Gasteiger partial charge on any atom is -0.388 e. The van der Waals surface area contributed by atoms with Crippen LogP contribution >= 0.6 is 0 Å². The highest BCUT2D eigenvalue weighted by atomic mass is 16.5. The summed E-state index contributed by atoms with van der Waals surface area (Å²) in [5.41, 5.74) is 2.59. The van der Waals surface area contributed by atoms with Crippen molar-refractivity contribution in [3.8, 4) is 12.0 Å². The molecule has 3 nitrogen and oxygen atoms in total. The molecule has 0 N–H and O–H groups in total. The lowest BCUT2D eigenvalue weighted by Crippen LogP contribution is -2.40. The van der Waals surface area contributed by atoms with Crippen molar-refractivity contribution < 1.29 is 4.74 Å². The highest BCUT2D eigenvalue weighted by Crippen LogP contribution is 2.31. The van der Waals surface area contributed by atoms with E-state index in [1.165, 1.54) is 30.4 Å². The van der Waals surface area contributed by atoms with E-state index in [9.17, 15) is 0 Å². The molecule has 1 aliphatic carbocycles. The van der Waals surface area contributed by atoms with E-state index < -0.39 is 0 Å². The van der Waals surface area contributed by atoms with Crippen LogP contribution in [0.4, 0.5) is 0 Å². The Morgan fingerprint density at radius 3 is 2.50 bits per heavy atom. The third-order valence-electron chi connectivity index (χ3n) is 4.11. The number of hydrogen-bond donors (Lipinski definition) is 0. The number of nitriles is 1. The predicted molar refractivity (Wildman–Crippen MR) is 92.0 cm³/mol. The van der Waals surface area contributed by atoms with Gasteiger partial charge in [0.1, 0.15) is 5.75 Å². The maximum absolute atomic E-state index is 8.78. The molecule has 122 valence electrons. The van der Waals surface area contributed by atoms with Crippen LogP contribution in [0.2, 0.25) is 0 Å². The summed E-state index contributed by atoms with van der Waals surface area (Å²) in [4.78, 5) is 2.60. The normalized spacial score (nSPS) is 16.3. The Morgan fingerprint density at radius 1 is 1.23 bits per heavy atom. The molecule has 2 rings (SSSR count). The third-order valence-corrected chi connectivity index (χ3v) is 4.11. The van der Waals surface area contributed by atoms with Gasteiger partial charge in [-0.1, -0.05) is 39.8 Å². The van der Waals surface area contributed by atoms with E-state index >= 15 is 0 Å². The van der Waals surface area contributed by atoms with Gasteiger partial charge in [-0.25, -0.2) is 0 Å². The molecule has 0 radical (unpaired) electrons. The summed E-state index contributed by atoms with van der Waals surface area (Å²) in [5, 5.41) is 8.78. The smallest absolute Gasteiger partial charge is 0.292 e. The number of fused-ring (bicyclic) bond motifs is 1. The second kappa shape index (κ2) is 10.2.